The number of nitro benzene ring substituents is 2. The fraction of sp³-hybridized carbons (Fsp3) is 0.0154. The van der Waals surface area contributed by atoms with Crippen LogP contribution in [0, 0.1) is 20.2 Å². The smallest absolute Gasteiger partial charge is 0.277 e. The molecule has 12 rings (SSSR count). The van der Waals surface area contributed by atoms with Crippen molar-refractivity contribution in [1.29, 1.82) is 0 Å². The summed E-state index contributed by atoms with van der Waals surface area (Å²) in [7, 11) is 0. The summed E-state index contributed by atoms with van der Waals surface area (Å²) < 4.78 is 3.26. The molecule has 0 fully saturated rings. The first-order valence-corrected chi connectivity index (χ1v) is 24.6. The molecule has 0 aliphatic heterocycles. The first-order chi connectivity index (χ1) is 35.8. The Labute approximate surface area is 432 Å². The molecule has 0 saturated carbocycles. The number of para-hydroxylation sites is 2. The van der Waals surface area contributed by atoms with Crippen LogP contribution in [0.3, 0.4) is 0 Å². The molecule has 11 aromatic rings. The minimum Gasteiger partial charge on any atom is -0.316 e. The van der Waals surface area contributed by atoms with Crippen molar-refractivity contribution in [2.24, 2.45) is 0 Å². The van der Waals surface area contributed by atoms with E-state index in [0.717, 1.165) is 60.9 Å². The molecule has 0 amide bonds. The second-order valence-electron chi connectivity index (χ2n) is 17.5. The Morgan fingerprint density at radius 3 is 1.30 bits per heavy atom. The van der Waals surface area contributed by atoms with Crippen molar-refractivity contribution < 1.29 is 9.85 Å². The molecule has 1 aromatic heterocycles. The number of hydrogen-bond acceptors (Lipinski definition) is 4. The van der Waals surface area contributed by atoms with Gasteiger partial charge in [-0.3, -0.25) is 20.2 Å². The Morgan fingerprint density at radius 1 is 0.397 bits per heavy atom. The third kappa shape index (κ3) is 10.9. The lowest BCUT2D eigenvalue weighted by Gasteiger charge is -2.13. The predicted octanol–water partition coefficient (Wildman–Crippen LogP) is 18.2. The van der Waals surface area contributed by atoms with Crippen molar-refractivity contribution >= 4 is 44.3 Å². The monoisotopic (exact) mass is 1010 g/mol. The number of nitrogens with zero attached hydrogens (tertiary/aromatic N) is 3. The minimum absolute atomic E-state index is 0.104. The van der Waals surface area contributed by atoms with Crippen LogP contribution in [0.1, 0.15) is 11.1 Å². The van der Waals surface area contributed by atoms with Gasteiger partial charge in [0.1, 0.15) is 0 Å². The second-order valence-corrected chi connectivity index (χ2v) is 18.4. The van der Waals surface area contributed by atoms with E-state index in [1.807, 2.05) is 97.1 Å². The Morgan fingerprint density at radius 2 is 0.822 bits per heavy atom. The Kier molecular flexibility index (Phi) is 14.2. The number of fused-ring (bicyclic) bond motifs is 2. The van der Waals surface area contributed by atoms with E-state index >= 15 is 0 Å². The molecule has 1 heterocycles. The summed E-state index contributed by atoms with van der Waals surface area (Å²) in [6, 6.07) is 82.6. The van der Waals surface area contributed by atoms with E-state index in [4.69, 9.17) is 0 Å². The van der Waals surface area contributed by atoms with Crippen molar-refractivity contribution in [2.75, 3.05) is 0 Å². The fourth-order valence-electron chi connectivity index (χ4n) is 9.23. The molecule has 352 valence electrons. The summed E-state index contributed by atoms with van der Waals surface area (Å²) in [5.74, 6) is 0. The average Bonchev–Trinajstić information content (AvgIpc) is 4.11. The third-order valence-corrected chi connectivity index (χ3v) is 13.3. The molecule has 8 heteroatoms. The number of allylic oxidation sites excluding steroid dienone is 1. The van der Waals surface area contributed by atoms with Gasteiger partial charge in [-0.2, -0.15) is 0 Å². The van der Waals surface area contributed by atoms with Crippen LogP contribution in [0.4, 0.5) is 11.4 Å². The standard InChI is InChI=1S/C32H22N2O2.C18H13Br.C15H11NO2/c35-34(36)31-14-8-7-13-30(31)26-16-15-25-17-18-33(32(25)22-26)29-20-27(23-9-3-1-4-10-23)19-28(21-29)24-11-5-2-6-12-24;19-18-12-16(14-7-3-1-4-8-14)11-17(13-18)15-9-5-2-6-10-15;17-16(18)15-7-2-1-6-14(15)13-9-8-11-4-3-5-12(11)10-13/h1-22H;1-13H;1-4,6-10H,5H2. The molecule has 1 aliphatic rings. The molecule has 1 aliphatic carbocycles. The maximum absolute atomic E-state index is 11.6. The van der Waals surface area contributed by atoms with E-state index in [1.54, 1.807) is 36.4 Å². The molecular weight excluding hydrogens is 967 g/mol. The molecule has 0 bridgehead atoms. The lowest BCUT2D eigenvalue weighted by atomic mass is 9.98. The van der Waals surface area contributed by atoms with Gasteiger partial charge in [0.15, 0.2) is 0 Å². The molecule has 0 spiro atoms. The number of benzene rings is 10. The van der Waals surface area contributed by atoms with E-state index in [2.05, 4.69) is 154 Å². The van der Waals surface area contributed by atoms with Crippen LogP contribution in [-0.2, 0) is 6.42 Å². The number of rotatable bonds is 9. The minimum atomic E-state index is -0.333. The molecule has 0 radical (unpaired) electrons. The molecule has 0 atom stereocenters. The Bertz CT molecular complexity index is 3670. The van der Waals surface area contributed by atoms with E-state index in [1.165, 1.54) is 33.4 Å². The zero-order chi connectivity index (χ0) is 50.1. The lowest BCUT2D eigenvalue weighted by molar-refractivity contribution is -0.384. The van der Waals surface area contributed by atoms with Gasteiger partial charge in [-0.1, -0.05) is 198 Å². The number of hydrogen-bond donors (Lipinski definition) is 0. The molecule has 0 saturated heterocycles. The molecule has 10 aromatic carbocycles. The van der Waals surface area contributed by atoms with Gasteiger partial charge in [-0.15, -0.1) is 0 Å². The molecule has 7 nitrogen and oxygen atoms in total. The molecule has 0 N–H and O–H groups in total. The zero-order valence-corrected chi connectivity index (χ0v) is 41.0. The third-order valence-electron chi connectivity index (χ3n) is 12.8. The number of nitro groups is 2. The van der Waals surface area contributed by atoms with Gasteiger partial charge >= 0.3 is 0 Å². The van der Waals surface area contributed by atoms with Crippen LogP contribution in [0.2, 0.25) is 0 Å². The maximum Gasteiger partial charge on any atom is 0.277 e. The summed E-state index contributed by atoms with van der Waals surface area (Å²) in [4.78, 5) is 22.0. The Balaban J connectivity index is 0.000000139. The summed E-state index contributed by atoms with van der Waals surface area (Å²) in [6.45, 7) is 0. The normalized spacial score (nSPS) is 11.2. The van der Waals surface area contributed by atoms with Gasteiger partial charge in [0.05, 0.1) is 26.5 Å². The molecular formula is C65H46BrN3O4. The van der Waals surface area contributed by atoms with E-state index in [-0.39, 0.29) is 21.2 Å². The highest BCUT2D eigenvalue weighted by Gasteiger charge is 2.18. The van der Waals surface area contributed by atoms with Crippen molar-refractivity contribution in [3.63, 3.8) is 0 Å². The predicted molar refractivity (Wildman–Crippen MR) is 303 cm³/mol. The van der Waals surface area contributed by atoms with Crippen molar-refractivity contribution in [3.05, 3.63) is 297 Å². The summed E-state index contributed by atoms with van der Waals surface area (Å²) >= 11 is 3.61. The first kappa shape index (κ1) is 47.4. The highest BCUT2D eigenvalue weighted by Crippen LogP contribution is 2.37. The summed E-state index contributed by atoms with van der Waals surface area (Å²) in [5.41, 5.74) is 17.2. The van der Waals surface area contributed by atoms with Crippen molar-refractivity contribution in [1.82, 2.24) is 4.57 Å². The van der Waals surface area contributed by atoms with Crippen molar-refractivity contribution in [2.45, 2.75) is 6.42 Å². The highest BCUT2D eigenvalue weighted by molar-refractivity contribution is 9.10. The van der Waals surface area contributed by atoms with E-state index in [0.29, 0.717) is 11.1 Å². The number of aromatic nitrogens is 1. The van der Waals surface area contributed by atoms with Gasteiger partial charge < -0.3 is 4.57 Å². The van der Waals surface area contributed by atoms with Gasteiger partial charge in [-0.05, 0) is 145 Å². The van der Waals surface area contributed by atoms with Crippen LogP contribution < -0.4 is 0 Å². The van der Waals surface area contributed by atoms with Crippen LogP contribution >= 0.6 is 15.9 Å². The van der Waals surface area contributed by atoms with Crippen LogP contribution in [0.25, 0.3) is 89.4 Å². The lowest BCUT2D eigenvalue weighted by Crippen LogP contribution is -1.95. The molecule has 73 heavy (non-hydrogen) atoms. The SMILES string of the molecule is Brc1cc(-c2ccccc2)cc(-c2ccccc2)c1.O=[N+]([O-])c1ccccc1-c1ccc2c(c1)CC=C2.O=[N+]([O-])c1ccccc1-c1ccc2ccn(-c3cc(-c4ccccc4)cc(-c4ccccc4)c3)c2c1. The Hall–Kier alpha value is -9.24. The van der Waals surface area contributed by atoms with Crippen LogP contribution in [0.5, 0.6) is 0 Å². The summed E-state index contributed by atoms with van der Waals surface area (Å²) in [5, 5.41) is 23.7. The molecule has 0 unspecified atom stereocenters. The van der Waals surface area contributed by atoms with Gasteiger partial charge in [0, 0.05) is 28.5 Å². The fourth-order valence-corrected chi connectivity index (χ4v) is 9.72. The van der Waals surface area contributed by atoms with Crippen LogP contribution in [0.15, 0.2) is 265 Å². The van der Waals surface area contributed by atoms with Crippen molar-refractivity contribution in [3.8, 4) is 72.4 Å². The van der Waals surface area contributed by atoms with Gasteiger partial charge in [0.2, 0.25) is 0 Å². The second kappa shape index (κ2) is 21.8. The first-order valence-electron chi connectivity index (χ1n) is 23.8. The van der Waals surface area contributed by atoms with E-state index < -0.39 is 0 Å². The largest absolute Gasteiger partial charge is 0.316 e. The summed E-state index contributed by atoms with van der Waals surface area (Å²) in [6.07, 6.45) is 7.16. The van der Waals surface area contributed by atoms with Gasteiger partial charge in [0.25, 0.3) is 11.4 Å². The van der Waals surface area contributed by atoms with E-state index in [9.17, 15) is 20.2 Å². The maximum atomic E-state index is 11.6. The quantitative estimate of drug-likeness (QED) is 0.106. The van der Waals surface area contributed by atoms with Crippen LogP contribution in [-0.4, -0.2) is 14.4 Å². The topological polar surface area (TPSA) is 91.2 Å². The zero-order valence-electron chi connectivity index (χ0n) is 39.5. The average molecular weight is 1010 g/mol. The number of halogens is 1. The highest BCUT2D eigenvalue weighted by atomic mass is 79.9. The van der Waals surface area contributed by atoms with Gasteiger partial charge in [-0.25, -0.2) is 0 Å².